The molecule has 25 heavy (non-hydrogen) atoms. The number of hydrogen-bond acceptors (Lipinski definition) is 4. The van der Waals surface area contributed by atoms with Gasteiger partial charge in [0.25, 0.3) is 0 Å². The lowest BCUT2D eigenvalue weighted by molar-refractivity contribution is -0.257. The number of Topliss-reactive ketones (excluding diaryl/α,β-unsaturated/α-hetero) is 1. The monoisotopic (exact) mass is 350 g/mol. The number of ether oxygens (including phenoxy) is 1. The van der Waals surface area contributed by atoms with E-state index in [-0.39, 0.29) is 17.6 Å². The molecule has 0 bridgehead atoms. The van der Waals surface area contributed by atoms with Crippen LogP contribution in [0, 0.1) is 17.3 Å². The third-order valence-electron chi connectivity index (χ3n) is 7.45. The van der Waals surface area contributed by atoms with Crippen LogP contribution in [0.15, 0.2) is 0 Å². The second-order valence-electron chi connectivity index (χ2n) is 9.41. The van der Waals surface area contributed by atoms with Gasteiger partial charge in [0.05, 0.1) is 5.60 Å². The molecule has 0 spiro atoms. The van der Waals surface area contributed by atoms with E-state index in [0.717, 1.165) is 38.5 Å². The molecule has 3 fully saturated rings. The van der Waals surface area contributed by atoms with Gasteiger partial charge in [-0.15, -0.1) is 0 Å². The van der Waals surface area contributed by atoms with Gasteiger partial charge in [0.15, 0.2) is 0 Å². The minimum Gasteiger partial charge on any atom is -0.458 e. The Balaban J connectivity index is 1.98. The Bertz CT molecular complexity index is 535. The Morgan fingerprint density at radius 1 is 1.04 bits per heavy atom. The highest BCUT2D eigenvalue weighted by Crippen LogP contribution is 2.64. The summed E-state index contributed by atoms with van der Waals surface area (Å²) in [7, 11) is 0. The second-order valence-corrected chi connectivity index (χ2v) is 9.41. The lowest BCUT2D eigenvalue weighted by atomic mass is 9.45. The van der Waals surface area contributed by atoms with Crippen molar-refractivity contribution in [3.8, 4) is 0 Å². The predicted octanol–water partition coefficient (Wildman–Crippen LogP) is 4.18. The highest BCUT2D eigenvalue weighted by molar-refractivity contribution is 5.94. The Morgan fingerprint density at radius 2 is 1.64 bits per heavy atom. The summed E-state index contributed by atoms with van der Waals surface area (Å²) in [5.74, 6) is 0.667. The molecule has 0 aromatic rings. The average Bonchev–Trinajstić information content (AvgIpc) is 2.50. The van der Waals surface area contributed by atoms with Gasteiger partial charge in [0.2, 0.25) is 0 Å². The van der Waals surface area contributed by atoms with Gasteiger partial charge in [-0.25, -0.2) is 0 Å². The maximum Gasteiger partial charge on any atom is 0.313 e. The van der Waals surface area contributed by atoms with Gasteiger partial charge in [-0.1, -0.05) is 32.1 Å². The SMILES string of the molecule is CC(=O)CC(=O)OC12CCCCC1(C(C)(C)O)CC1CCCCC1C2. The zero-order chi connectivity index (χ0) is 18.3. The summed E-state index contributed by atoms with van der Waals surface area (Å²) in [6, 6.07) is 0. The van der Waals surface area contributed by atoms with Gasteiger partial charge in [-0.3, -0.25) is 9.59 Å². The van der Waals surface area contributed by atoms with E-state index >= 15 is 0 Å². The van der Waals surface area contributed by atoms with Crippen molar-refractivity contribution in [1.82, 2.24) is 0 Å². The first-order valence-corrected chi connectivity index (χ1v) is 10.1. The van der Waals surface area contributed by atoms with E-state index < -0.39 is 17.2 Å². The topological polar surface area (TPSA) is 63.6 Å². The van der Waals surface area contributed by atoms with Gasteiger partial charge >= 0.3 is 5.97 Å². The molecule has 4 atom stereocenters. The number of rotatable bonds is 4. The lowest BCUT2D eigenvalue weighted by Gasteiger charge is -2.64. The molecule has 3 aliphatic rings. The van der Waals surface area contributed by atoms with Crippen LogP contribution < -0.4 is 0 Å². The zero-order valence-corrected chi connectivity index (χ0v) is 16.1. The Morgan fingerprint density at radius 3 is 2.24 bits per heavy atom. The van der Waals surface area contributed by atoms with Crippen molar-refractivity contribution in [3.63, 3.8) is 0 Å². The summed E-state index contributed by atoms with van der Waals surface area (Å²) in [5, 5.41) is 11.2. The van der Waals surface area contributed by atoms with E-state index in [9.17, 15) is 14.7 Å². The first-order chi connectivity index (χ1) is 11.7. The quantitative estimate of drug-likeness (QED) is 0.610. The fourth-order valence-corrected chi connectivity index (χ4v) is 6.34. The van der Waals surface area contributed by atoms with Gasteiger partial charge in [-0.2, -0.15) is 0 Å². The Kier molecular flexibility index (Phi) is 5.04. The highest BCUT2D eigenvalue weighted by atomic mass is 16.6. The zero-order valence-electron chi connectivity index (χ0n) is 16.1. The fourth-order valence-electron chi connectivity index (χ4n) is 6.34. The summed E-state index contributed by atoms with van der Waals surface area (Å²) >= 11 is 0. The molecule has 1 N–H and O–H groups in total. The first kappa shape index (κ1) is 18.9. The van der Waals surface area contributed by atoms with Crippen molar-refractivity contribution in [3.05, 3.63) is 0 Å². The van der Waals surface area contributed by atoms with Crippen molar-refractivity contribution in [2.45, 2.75) is 103 Å². The third-order valence-corrected chi connectivity index (χ3v) is 7.45. The molecule has 4 nitrogen and oxygen atoms in total. The summed E-state index contributed by atoms with van der Waals surface area (Å²) in [6.07, 6.45) is 10.5. The summed E-state index contributed by atoms with van der Waals surface area (Å²) in [6.45, 7) is 5.23. The smallest absolute Gasteiger partial charge is 0.313 e. The number of ketones is 1. The van der Waals surface area contributed by atoms with E-state index in [2.05, 4.69) is 0 Å². The highest BCUT2D eigenvalue weighted by Gasteiger charge is 2.66. The standard InChI is InChI=1S/C21H34O4/c1-15(22)12-18(23)25-21-11-7-6-10-20(21,19(2,3)24)13-16-8-4-5-9-17(16)14-21/h16-17,24H,4-14H2,1-3H3. The van der Waals surface area contributed by atoms with Gasteiger partial charge in [-0.05, 0) is 64.7 Å². The van der Waals surface area contributed by atoms with Crippen LogP contribution in [0.4, 0.5) is 0 Å². The van der Waals surface area contributed by atoms with Crippen LogP contribution in [-0.4, -0.2) is 28.1 Å². The van der Waals surface area contributed by atoms with Crippen LogP contribution in [0.2, 0.25) is 0 Å². The molecular formula is C21H34O4. The van der Waals surface area contributed by atoms with E-state index in [4.69, 9.17) is 4.74 Å². The summed E-state index contributed by atoms with van der Waals surface area (Å²) in [4.78, 5) is 23.9. The minimum absolute atomic E-state index is 0.155. The molecule has 3 saturated carbocycles. The average molecular weight is 350 g/mol. The fraction of sp³-hybridized carbons (Fsp3) is 0.905. The van der Waals surface area contributed by atoms with Gasteiger partial charge in [0.1, 0.15) is 17.8 Å². The largest absolute Gasteiger partial charge is 0.458 e. The molecule has 4 unspecified atom stereocenters. The van der Waals surface area contributed by atoms with Gasteiger partial charge in [0, 0.05) is 5.41 Å². The summed E-state index contributed by atoms with van der Waals surface area (Å²) < 4.78 is 6.15. The molecule has 0 radical (unpaired) electrons. The van der Waals surface area contributed by atoms with Crippen molar-refractivity contribution in [2.75, 3.05) is 0 Å². The van der Waals surface area contributed by atoms with Crippen LogP contribution >= 0.6 is 0 Å². The molecule has 0 aromatic heterocycles. The molecular weight excluding hydrogens is 316 g/mol. The van der Waals surface area contributed by atoms with Gasteiger partial charge < -0.3 is 9.84 Å². The normalized spacial score (nSPS) is 38.4. The van der Waals surface area contributed by atoms with Crippen molar-refractivity contribution >= 4 is 11.8 Å². The predicted molar refractivity (Wildman–Crippen MR) is 96.0 cm³/mol. The third kappa shape index (κ3) is 3.27. The molecule has 3 aliphatic carbocycles. The van der Waals surface area contributed by atoms with Crippen molar-refractivity contribution in [2.24, 2.45) is 17.3 Å². The number of aliphatic hydroxyl groups is 1. The first-order valence-electron chi connectivity index (χ1n) is 10.1. The van der Waals surface area contributed by atoms with Crippen LogP contribution in [0.3, 0.4) is 0 Å². The summed E-state index contributed by atoms with van der Waals surface area (Å²) in [5.41, 5.74) is -1.88. The molecule has 0 saturated heterocycles. The Labute approximate surface area is 151 Å². The molecule has 0 aliphatic heterocycles. The van der Waals surface area contributed by atoms with E-state index in [0.29, 0.717) is 11.8 Å². The minimum atomic E-state index is -0.896. The van der Waals surface area contributed by atoms with E-state index in [1.807, 2.05) is 13.8 Å². The molecule has 142 valence electrons. The number of esters is 1. The maximum absolute atomic E-state index is 12.5. The number of carbonyl (C=O) groups is 2. The number of fused-ring (bicyclic) bond motifs is 2. The Hall–Kier alpha value is -0.900. The van der Waals surface area contributed by atoms with Crippen LogP contribution in [0.1, 0.15) is 91.4 Å². The van der Waals surface area contributed by atoms with Crippen LogP contribution in [0.25, 0.3) is 0 Å². The van der Waals surface area contributed by atoms with Crippen molar-refractivity contribution < 1.29 is 19.4 Å². The molecule has 0 amide bonds. The molecule has 0 aromatic carbocycles. The molecule has 4 heteroatoms. The van der Waals surface area contributed by atoms with Crippen LogP contribution in [0.5, 0.6) is 0 Å². The number of carbonyl (C=O) groups excluding carboxylic acids is 2. The number of hydrogen-bond donors (Lipinski definition) is 1. The maximum atomic E-state index is 12.5. The van der Waals surface area contributed by atoms with E-state index in [1.54, 1.807) is 0 Å². The molecule has 0 heterocycles. The van der Waals surface area contributed by atoms with E-state index in [1.165, 1.54) is 32.6 Å². The van der Waals surface area contributed by atoms with Crippen molar-refractivity contribution in [1.29, 1.82) is 0 Å². The molecule has 3 rings (SSSR count). The lowest BCUT2D eigenvalue weighted by Crippen LogP contribution is -2.67. The van der Waals surface area contributed by atoms with Crippen LogP contribution in [-0.2, 0) is 14.3 Å². The second kappa shape index (κ2) is 6.68.